The number of ether oxygens (including phenoxy) is 2. The van der Waals surface area contributed by atoms with Gasteiger partial charge in [0.2, 0.25) is 0 Å². The van der Waals surface area contributed by atoms with Crippen LogP contribution in [0.3, 0.4) is 0 Å². The molecule has 6 N–H and O–H groups in total. The van der Waals surface area contributed by atoms with E-state index >= 15 is 0 Å². The van der Waals surface area contributed by atoms with Gasteiger partial charge in [-0.15, -0.1) is 0 Å². The number of aromatic nitrogens is 4. The van der Waals surface area contributed by atoms with E-state index in [1.807, 2.05) is 0 Å². The zero-order valence-electron chi connectivity index (χ0n) is 16.8. The molecule has 3 rings (SSSR count). The van der Waals surface area contributed by atoms with Crippen LogP contribution in [0.1, 0.15) is 6.23 Å². The summed E-state index contributed by atoms with van der Waals surface area (Å²) in [5, 5.41) is 18.5. The molecule has 0 aliphatic carbocycles. The fraction of sp³-hybridized carbons (Fsp3) is 0.583. The summed E-state index contributed by atoms with van der Waals surface area (Å²) >= 11 is 0. The summed E-state index contributed by atoms with van der Waals surface area (Å²) in [6, 6.07) is 0. The van der Waals surface area contributed by atoms with Gasteiger partial charge < -0.3 is 38.7 Å². The van der Waals surface area contributed by atoms with E-state index in [4.69, 9.17) is 24.7 Å². The van der Waals surface area contributed by atoms with Crippen LogP contribution in [-0.2, 0) is 43.4 Å². The van der Waals surface area contributed by atoms with Gasteiger partial charge in [0.15, 0.2) is 17.4 Å². The first-order chi connectivity index (χ1) is 15.1. The molecule has 1 aliphatic heterocycles. The number of aliphatic hydroxyl groups excluding tert-OH is 1. The Bertz CT molecular complexity index is 1230. The number of nitrogens with zero attached hydrogens (tertiary/aromatic N) is 4. The molecule has 0 aromatic carbocycles. The zero-order valence-corrected chi connectivity index (χ0v) is 19.5. The highest BCUT2D eigenvalue weighted by molar-refractivity contribution is 7.66. The molecule has 0 radical (unpaired) electrons. The number of aliphatic hydroxyl groups is 1. The molecule has 0 amide bonds. The molecule has 6 atom stereocenters. The highest BCUT2D eigenvalue weighted by atomic mass is 31.3. The number of imidazole rings is 1. The minimum absolute atomic E-state index is 0.0514. The van der Waals surface area contributed by atoms with Crippen LogP contribution >= 0.6 is 23.5 Å². The number of methoxy groups -OCH3 is 1. The standard InChI is InChI=1S/C12H20N5O13P3/c1-16-4-15-11-7(10(16)13)14-5-17(11)12-9(26-2)8(18)6(28-12)3-27-32(22,23)30-33(24,25)29-31(19,20)21/h4-6,8-9,12-13,18H,3H2,1-2H3,(H,22,23)(H,24,25)(H2,19,20,21)/t6-,8-,9-,12-/m1/s1. The van der Waals surface area contributed by atoms with Gasteiger partial charge in [0.25, 0.3) is 0 Å². The Balaban J connectivity index is 1.75. The predicted octanol–water partition coefficient (Wildman–Crippen LogP) is -1.13. The maximum atomic E-state index is 11.9. The molecule has 33 heavy (non-hydrogen) atoms. The first-order valence-corrected chi connectivity index (χ1v) is 13.2. The minimum Gasteiger partial charge on any atom is -0.387 e. The topological polar surface area (TPSA) is 258 Å². The van der Waals surface area contributed by atoms with Crippen molar-refractivity contribution in [2.45, 2.75) is 24.5 Å². The lowest BCUT2D eigenvalue weighted by Gasteiger charge is -2.19. The molecule has 1 saturated heterocycles. The average Bonchev–Trinajstić information content (AvgIpc) is 3.21. The average molecular weight is 535 g/mol. The van der Waals surface area contributed by atoms with Crippen LogP contribution in [0.5, 0.6) is 0 Å². The molecule has 18 nitrogen and oxygen atoms in total. The maximum absolute atomic E-state index is 11.9. The number of phosphoric acid groups is 3. The summed E-state index contributed by atoms with van der Waals surface area (Å²) in [7, 11) is -13.8. The van der Waals surface area contributed by atoms with Crippen molar-refractivity contribution >= 4 is 34.6 Å². The van der Waals surface area contributed by atoms with Gasteiger partial charge in [0, 0.05) is 14.2 Å². The second-order valence-corrected chi connectivity index (χ2v) is 11.1. The van der Waals surface area contributed by atoms with Crippen LogP contribution in [0.4, 0.5) is 0 Å². The van der Waals surface area contributed by atoms with Crippen molar-refractivity contribution in [3.63, 3.8) is 0 Å². The van der Waals surface area contributed by atoms with E-state index in [2.05, 4.69) is 23.1 Å². The molecule has 0 spiro atoms. The summed E-state index contributed by atoms with van der Waals surface area (Å²) in [5.41, 5.74) is 0.506. The summed E-state index contributed by atoms with van der Waals surface area (Å²) in [4.78, 5) is 44.1. The molecule has 1 aliphatic rings. The highest BCUT2D eigenvalue weighted by Gasteiger charge is 2.47. The third-order valence-electron chi connectivity index (χ3n) is 4.37. The molecular weight excluding hydrogens is 515 g/mol. The van der Waals surface area contributed by atoms with E-state index in [1.54, 1.807) is 7.05 Å². The largest absolute Gasteiger partial charge is 0.490 e. The highest BCUT2D eigenvalue weighted by Crippen LogP contribution is 2.66. The molecule has 2 aromatic heterocycles. The fourth-order valence-corrected chi connectivity index (χ4v) is 6.04. The normalized spacial score (nSPS) is 27.5. The quantitative estimate of drug-likeness (QED) is 0.208. The minimum atomic E-state index is -5.69. The van der Waals surface area contributed by atoms with Gasteiger partial charge in [-0.05, 0) is 0 Å². The Labute approximate surface area is 184 Å². The lowest BCUT2D eigenvalue weighted by molar-refractivity contribution is -0.0577. The van der Waals surface area contributed by atoms with Crippen molar-refractivity contribution in [3.05, 3.63) is 18.1 Å². The van der Waals surface area contributed by atoms with E-state index < -0.39 is 54.6 Å². The number of fused-ring (bicyclic) bond motifs is 1. The second kappa shape index (κ2) is 9.36. The van der Waals surface area contributed by atoms with Gasteiger partial charge >= 0.3 is 23.5 Å². The number of nitrogens with one attached hydrogen (secondary N) is 1. The SMILES string of the molecule is CO[C@@H]1[C@H](O)[C@@H](COP(=O)(O)OP(=O)(O)OP(=O)(O)O)O[C@H]1n1cnc2c(=N)n(C)cnc21. The van der Waals surface area contributed by atoms with Crippen LogP contribution in [0, 0.1) is 5.41 Å². The van der Waals surface area contributed by atoms with E-state index in [0.717, 1.165) is 0 Å². The summed E-state index contributed by atoms with van der Waals surface area (Å²) in [6.07, 6.45) is -2.24. The van der Waals surface area contributed by atoms with E-state index in [1.165, 1.54) is 28.9 Å². The Hall–Kier alpha value is -1.36. The summed E-state index contributed by atoms with van der Waals surface area (Å²) < 4.78 is 59.5. The summed E-state index contributed by atoms with van der Waals surface area (Å²) in [6.45, 7) is -0.875. The van der Waals surface area contributed by atoms with Crippen LogP contribution in [-0.4, -0.2) is 75.8 Å². The van der Waals surface area contributed by atoms with Gasteiger partial charge in [-0.3, -0.25) is 14.5 Å². The van der Waals surface area contributed by atoms with Crippen molar-refractivity contribution in [1.29, 1.82) is 5.41 Å². The number of phosphoric ester groups is 1. The van der Waals surface area contributed by atoms with E-state index in [9.17, 15) is 28.6 Å². The smallest absolute Gasteiger partial charge is 0.387 e. The molecule has 2 unspecified atom stereocenters. The third-order valence-corrected chi connectivity index (χ3v) is 8.18. The first-order valence-electron chi connectivity index (χ1n) is 8.71. The Kier molecular flexibility index (Phi) is 7.44. The Morgan fingerprint density at radius 3 is 2.39 bits per heavy atom. The van der Waals surface area contributed by atoms with Crippen LogP contribution in [0.15, 0.2) is 12.7 Å². The lowest BCUT2D eigenvalue weighted by atomic mass is 10.1. The number of rotatable bonds is 9. The molecule has 1 fully saturated rings. The Morgan fingerprint density at radius 2 is 1.79 bits per heavy atom. The predicted molar refractivity (Wildman–Crippen MR) is 103 cm³/mol. The molecule has 2 aromatic rings. The van der Waals surface area contributed by atoms with Gasteiger partial charge in [-0.2, -0.15) is 8.62 Å². The molecule has 186 valence electrons. The van der Waals surface area contributed by atoms with Crippen molar-refractivity contribution < 1.29 is 61.0 Å². The molecule has 0 saturated carbocycles. The number of hydrogen-bond acceptors (Lipinski definition) is 12. The molecule has 21 heteroatoms. The van der Waals surface area contributed by atoms with Crippen LogP contribution < -0.4 is 5.49 Å². The lowest BCUT2D eigenvalue weighted by Crippen LogP contribution is -2.35. The van der Waals surface area contributed by atoms with E-state index in [0.29, 0.717) is 0 Å². The first kappa shape index (κ1) is 26.2. The fourth-order valence-electron chi connectivity index (χ4n) is 3.01. The zero-order chi connectivity index (χ0) is 24.8. The second-order valence-electron chi connectivity index (χ2n) is 6.67. The summed E-state index contributed by atoms with van der Waals surface area (Å²) in [5.74, 6) is 0. The van der Waals surface area contributed by atoms with Gasteiger partial charge in [-0.1, -0.05) is 0 Å². The van der Waals surface area contributed by atoms with Crippen LogP contribution in [0.25, 0.3) is 11.2 Å². The number of hydrogen-bond donors (Lipinski definition) is 6. The van der Waals surface area contributed by atoms with Gasteiger partial charge in [0.1, 0.15) is 23.8 Å². The molecular formula is C12H20N5O13P3. The van der Waals surface area contributed by atoms with Gasteiger partial charge in [0.05, 0.1) is 19.3 Å². The number of aryl methyl sites for hydroxylation is 1. The van der Waals surface area contributed by atoms with Crippen molar-refractivity contribution in [2.75, 3.05) is 13.7 Å². The monoisotopic (exact) mass is 535 g/mol. The van der Waals surface area contributed by atoms with Crippen molar-refractivity contribution in [1.82, 2.24) is 19.1 Å². The molecule has 0 bridgehead atoms. The van der Waals surface area contributed by atoms with Crippen molar-refractivity contribution in [3.8, 4) is 0 Å². The van der Waals surface area contributed by atoms with Crippen LogP contribution in [0.2, 0.25) is 0 Å². The van der Waals surface area contributed by atoms with E-state index in [-0.39, 0.29) is 16.7 Å². The van der Waals surface area contributed by atoms with Crippen molar-refractivity contribution in [2.24, 2.45) is 7.05 Å². The van der Waals surface area contributed by atoms with Gasteiger partial charge in [-0.25, -0.2) is 23.7 Å². The third kappa shape index (κ3) is 6.01. The maximum Gasteiger partial charge on any atom is 0.490 e. The molecule has 3 heterocycles. The Morgan fingerprint density at radius 1 is 1.12 bits per heavy atom.